The highest BCUT2D eigenvalue weighted by atomic mass is 16.6. The predicted octanol–water partition coefficient (Wildman–Crippen LogP) is 4.37. The number of hydrogen-bond donors (Lipinski definition) is 1. The Morgan fingerprint density at radius 3 is 2.52 bits per heavy atom. The third-order valence-electron chi connectivity index (χ3n) is 3.68. The number of carbonyl (C=O) groups excluding carboxylic acids is 2. The minimum Gasteiger partial charge on any atom is -0.464 e. The van der Waals surface area contributed by atoms with E-state index in [2.05, 4.69) is 18.8 Å². The van der Waals surface area contributed by atoms with Crippen molar-refractivity contribution < 1.29 is 19.1 Å². The Labute approximate surface area is 150 Å². The number of hydrogen-bond acceptors (Lipinski definition) is 4. The molecule has 0 heterocycles. The topological polar surface area (TPSA) is 64.6 Å². The molecule has 1 aromatic rings. The van der Waals surface area contributed by atoms with Crippen molar-refractivity contribution in [2.45, 2.75) is 58.1 Å². The van der Waals surface area contributed by atoms with Crippen LogP contribution in [-0.2, 0) is 20.9 Å². The smallest absolute Gasteiger partial charge is 0.408 e. The zero-order valence-corrected chi connectivity index (χ0v) is 15.0. The van der Waals surface area contributed by atoms with E-state index in [0.717, 1.165) is 24.8 Å². The van der Waals surface area contributed by atoms with Crippen LogP contribution in [-0.4, -0.2) is 24.7 Å². The maximum absolute atomic E-state index is 12.1. The van der Waals surface area contributed by atoms with Crippen molar-refractivity contribution in [2.75, 3.05) is 6.61 Å². The van der Waals surface area contributed by atoms with Crippen molar-refractivity contribution in [3.8, 4) is 0 Å². The number of ether oxygens (including phenoxy) is 2. The molecule has 0 spiro atoms. The quantitative estimate of drug-likeness (QED) is 0.346. The highest BCUT2D eigenvalue weighted by Crippen LogP contribution is 2.05. The largest absolute Gasteiger partial charge is 0.464 e. The molecule has 1 unspecified atom stereocenters. The molecule has 0 aliphatic carbocycles. The minimum atomic E-state index is -0.767. The van der Waals surface area contributed by atoms with Crippen LogP contribution in [0.15, 0.2) is 43.0 Å². The molecule has 5 nitrogen and oxygen atoms in total. The molecule has 5 heteroatoms. The van der Waals surface area contributed by atoms with E-state index in [-0.39, 0.29) is 6.61 Å². The first-order chi connectivity index (χ1) is 12.2. The Morgan fingerprint density at radius 2 is 1.84 bits per heavy atom. The molecule has 0 aromatic heterocycles. The summed E-state index contributed by atoms with van der Waals surface area (Å²) in [5.41, 5.74) is 0.882. The van der Waals surface area contributed by atoms with Gasteiger partial charge >= 0.3 is 12.1 Å². The van der Waals surface area contributed by atoms with Crippen molar-refractivity contribution in [3.63, 3.8) is 0 Å². The van der Waals surface area contributed by atoms with Gasteiger partial charge in [0, 0.05) is 0 Å². The van der Waals surface area contributed by atoms with Gasteiger partial charge in [0.2, 0.25) is 0 Å². The standard InChI is InChI=1S/C20H29NO4/c1-3-5-6-7-11-15-24-19(22)18(12-4-2)21-20(23)25-16-17-13-9-8-10-14-17/h4,8-10,13-14,18H,2-3,5-7,11-12,15-16H2,1H3,(H,21,23). The molecule has 0 radical (unpaired) electrons. The van der Waals surface area contributed by atoms with Crippen molar-refractivity contribution in [1.82, 2.24) is 5.32 Å². The summed E-state index contributed by atoms with van der Waals surface area (Å²) in [5.74, 6) is -0.452. The van der Waals surface area contributed by atoms with E-state index >= 15 is 0 Å². The van der Waals surface area contributed by atoms with Gasteiger partial charge in [-0.15, -0.1) is 6.58 Å². The van der Waals surface area contributed by atoms with E-state index in [4.69, 9.17) is 9.47 Å². The average molecular weight is 347 g/mol. The first-order valence-corrected chi connectivity index (χ1v) is 8.92. The number of carbonyl (C=O) groups is 2. The van der Waals surface area contributed by atoms with E-state index in [1.807, 2.05) is 30.3 Å². The number of unbranched alkanes of at least 4 members (excludes halogenated alkanes) is 4. The van der Waals surface area contributed by atoms with Crippen LogP contribution in [0.2, 0.25) is 0 Å². The number of benzene rings is 1. The number of amides is 1. The molecule has 25 heavy (non-hydrogen) atoms. The van der Waals surface area contributed by atoms with Crippen LogP contribution in [0.25, 0.3) is 0 Å². The second-order valence-corrected chi connectivity index (χ2v) is 5.86. The van der Waals surface area contributed by atoms with Crippen molar-refractivity contribution >= 4 is 12.1 Å². The molecule has 0 saturated heterocycles. The fraction of sp³-hybridized carbons (Fsp3) is 0.500. The zero-order chi connectivity index (χ0) is 18.3. The van der Waals surface area contributed by atoms with E-state index in [1.165, 1.54) is 12.8 Å². The molecule has 1 N–H and O–H groups in total. The van der Waals surface area contributed by atoms with Crippen molar-refractivity contribution in [3.05, 3.63) is 48.6 Å². The van der Waals surface area contributed by atoms with Gasteiger partial charge in [-0.2, -0.15) is 0 Å². The van der Waals surface area contributed by atoms with Crippen LogP contribution in [0.5, 0.6) is 0 Å². The first-order valence-electron chi connectivity index (χ1n) is 8.92. The summed E-state index contributed by atoms with van der Waals surface area (Å²) < 4.78 is 10.4. The molecule has 0 bridgehead atoms. The maximum atomic E-state index is 12.1. The second-order valence-electron chi connectivity index (χ2n) is 5.86. The van der Waals surface area contributed by atoms with E-state index in [9.17, 15) is 9.59 Å². The third kappa shape index (κ3) is 9.55. The van der Waals surface area contributed by atoms with Crippen LogP contribution in [0.4, 0.5) is 4.79 Å². The van der Waals surface area contributed by atoms with Crippen LogP contribution < -0.4 is 5.32 Å². The normalized spacial score (nSPS) is 11.4. The van der Waals surface area contributed by atoms with Gasteiger partial charge in [-0.3, -0.25) is 0 Å². The summed E-state index contributed by atoms with van der Waals surface area (Å²) >= 11 is 0. The summed E-state index contributed by atoms with van der Waals surface area (Å²) in [4.78, 5) is 24.0. The Kier molecular flexibility index (Phi) is 10.8. The molecule has 0 aliphatic rings. The Balaban J connectivity index is 2.32. The van der Waals surface area contributed by atoms with Gasteiger partial charge in [0.25, 0.3) is 0 Å². The zero-order valence-electron chi connectivity index (χ0n) is 15.0. The molecule has 1 rings (SSSR count). The Morgan fingerprint density at radius 1 is 1.12 bits per heavy atom. The molecule has 1 aromatic carbocycles. The highest BCUT2D eigenvalue weighted by molar-refractivity contribution is 5.81. The summed E-state index contributed by atoms with van der Waals surface area (Å²) in [5, 5.41) is 2.54. The fourth-order valence-corrected chi connectivity index (χ4v) is 2.27. The lowest BCUT2D eigenvalue weighted by Gasteiger charge is -2.16. The monoisotopic (exact) mass is 347 g/mol. The van der Waals surface area contributed by atoms with Crippen molar-refractivity contribution in [2.24, 2.45) is 0 Å². The van der Waals surface area contributed by atoms with Crippen LogP contribution in [0.3, 0.4) is 0 Å². The third-order valence-corrected chi connectivity index (χ3v) is 3.68. The van der Waals surface area contributed by atoms with E-state index < -0.39 is 18.1 Å². The number of rotatable bonds is 12. The summed E-state index contributed by atoms with van der Waals surface area (Å²) in [6, 6.07) is 8.59. The van der Waals surface area contributed by atoms with Crippen LogP contribution in [0.1, 0.15) is 51.0 Å². The maximum Gasteiger partial charge on any atom is 0.408 e. The molecular formula is C20H29NO4. The second kappa shape index (κ2) is 13.0. The molecule has 1 atom stereocenters. The lowest BCUT2D eigenvalue weighted by Crippen LogP contribution is -2.41. The average Bonchev–Trinajstić information content (AvgIpc) is 2.63. The van der Waals surface area contributed by atoms with Gasteiger partial charge in [-0.05, 0) is 18.4 Å². The van der Waals surface area contributed by atoms with Gasteiger partial charge < -0.3 is 14.8 Å². The summed E-state index contributed by atoms with van der Waals surface area (Å²) in [7, 11) is 0. The number of nitrogens with one attached hydrogen (secondary N) is 1. The van der Waals surface area contributed by atoms with Gasteiger partial charge in [-0.1, -0.05) is 69.0 Å². The summed E-state index contributed by atoms with van der Waals surface area (Å²) in [6.45, 7) is 6.29. The molecule has 0 saturated carbocycles. The van der Waals surface area contributed by atoms with Crippen LogP contribution >= 0.6 is 0 Å². The molecule has 0 fully saturated rings. The van der Waals surface area contributed by atoms with Gasteiger partial charge in [0.05, 0.1) is 6.61 Å². The predicted molar refractivity (Wildman–Crippen MR) is 98.1 cm³/mol. The Hall–Kier alpha value is -2.30. The molecule has 1 amide bonds. The SMILES string of the molecule is C=CCC(NC(=O)OCc1ccccc1)C(=O)OCCCCCCC. The number of esters is 1. The van der Waals surface area contributed by atoms with Crippen molar-refractivity contribution in [1.29, 1.82) is 0 Å². The first kappa shape index (κ1) is 20.7. The lowest BCUT2D eigenvalue weighted by molar-refractivity contribution is -0.146. The Bertz CT molecular complexity index is 516. The number of alkyl carbamates (subject to hydrolysis) is 1. The van der Waals surface area contributed by atoms with Crippen LogP contribution in [0, 0.1) is 0 Å². The van der Waals surface area contributed by atoms with E-state index in [0.29, 0.717) is 13.0 Å². The minimum absolute atomic E-state index is 0.153. The van der Waals surface area contributed by atoms with E-state index in [1.54, 1.807) is 6.08 Å². The van der Waals surface area contributed by atoms with Gasteiger partial charge in [-0.25, -0.2) is 9.59 Å². The molecular weight excluding hydrogens is 318 g/mol. The summed E-state index contributed by atoms with van der Waals surface area (Å²) in [6.07, 6.45) is 6.63. The van der Waals surface area contributed by atoms with Gasteiger partial charge in [0.15, 0.2) is 0 Å². The fourth-order valence-electron chi connectivity index (χ4n) is 2.27. The highest BCUT2D eigenvalue weighted by Gasteiger charge is 2.21. The van der Waals surface area contributed by atoms with Gasteiger partial charge in [0.1, 0.15) is 12.6 Å². The molecule has 0 aliphatic heterocycles. The lowest BCUT2D eigenvalue weighted by atomic mass is 10.2. The molecule has 138 valence electrons.